The first-order valence-corrected chi connectivity index (χ1v) is 11.0. The maximum Gasteiger partial charge on any atom is 0.240 e. The van der Waals surface area contributed by atoms with Gasteiger partial charge in [0.25, 0.3) is 0 Å². The van der Waals surface area contributed by atoms with Crippen molar-refractivity contribution in [2.24, 2.45) is 0 Å². The largest absolute Gasteiger partial charge is 0.354 e. The van der Waals surface area contributed by atoms with Gasteiger partial charge in [-0.3, -0.25) is 9.10 Å². The second kappa shape index (κ2) is 9.38. The molecule has 1 amide bonds. The summed E-state index contributed by atoms with van der Waals surface area (Å²) in [6.07, 6.45) is 0.887. The number of thioether (sulfide) groups is 1. The van der Waals surface area contributed by atoms with Gasteiger partial charge in [-0.2, -0.15) is 0 Å². The summed E-state index contributed by atoms with van der Waals surface area (Å²) in [5.41, 5.74) is -0.123. The highest BCUT2D eigenvalue weighted by molar-refractivity contribution is 7.99. The number of amides is 1. The van der Waals surface area contributed by atoms with Crippen LogP contribution in [0.5, 0.6) is 0 Å². The third kappa shape index (κ3) is 6.67. The second-order valence-corrected chi connectivity index (χ2v) is 9.03. The molecule has 0 spiro atoms. The van der Waals surface area contributed by atoms with Crippen molar-refractivity contribution in [1.82, 2.24) is 5.32 Å². The van der Waals surface area contributed by atoms with Crippen LogP contribution in [0.4, 0.5) is 14.5 Å². The Morgan fingerprint density at radius 3 is 2.41 bits per heavy atom. The number of hydrogen-bond donors (Lipinski definition) is 1. The standard InChI is InChI=1S/C17H17ClF2N2O3S2/c1-27(24,25)22(13-4-7-15(19)16(20)10-13)11-17(23)21-8-9-26-14-5-2-12(18)3-6-14/h2-7,10H,8-9,11H2,1H3,(H,21,23). The molecular formula is C17H17ClF2N2O3S2. The van der Waals surface area contributed by atoms with Crippen molar-refractivity contribution in [3.05, 3.63) is 59.1 Å². The molecule has 0 unspecified atom stereocenters. The molecule has 2 rings (SSSR count). The Hall–Kier alpha value is -1.84. The van der Waals surface area contributed by atoms with Crippen molar-refractivity contribution < 1.29 is 22.0 Å². The molecule has 0 radical (unpaired) electrons. The summed E-state index contributed by atoms with van der Waals surface area (Å²) in [6.45, 7) is -0.225. The smallest absolute Gasteiger partial charge is 0.240 e. The first-order valence-electron chi connectivity index (χ1n) is 7.74. The fraction of sp³-hybridized carbons (Fsp3) is 0.235. The third-order valence-corrected chi connectivity index (χ3v) is 5.79. The van der Waals surface area contributed by atoms with Gasteiger partial charge in [0.15, 0.2) is 11.6 Å². The van der Waals surface area contributed by atoms with Crippen LogP contribution in [-0.4, -0.2) is 39.4 Å². The Labute approximate surface area is 165 Å². The van der Waals surface area contributed by atoms with E-state index in [9.17, 15) is 22.0 Å². The van der Waals surface area contributed by atoms with E-state index in [2.05, 4.69) is 5.32 Å². The molecule has 146 valence electrons. The molecule has 2 aromatic rings. The van der Waals surface area contributed by atoms with Crippen LogP contribution in [0.3, 0.4) is 0 Å². The highest BCUT2D eigenvalue weighted by Gasteiger charge is 2.21. The van der Waals surface area contributed by atoms with E-state index in [4.69, 9.17) is 11.6 Å². The van der Waals surface area contributed by atoms with Crippen LogP contribution in [0.25, 0.3) is 0 Å². The number of carbonyl (C=O) groups excluding carboxylic acids is 1. The first kappa shape index (κ1) is 21.5. The van der Waals surface area contributed by atoms with Crippen LogP contribution in [0.1, 0.15) is 0 Å². The van der Waals surface area contributed by atoms with E-state index in [-0.39, 0.29) is 5.69 Å². The van der Waals surface area contributed by atoms with Gasteiger partial charge >= 0.3 is 0 Å². The zero-order valence-electron chi connectivity index (χ0n) is 14.3. The molecule has 0 aliphatic carbocycles. The molecule has 0 atom stereocenters. The average Bonchev–Trinajstić information content (AvgIpc) is 2.60. The normalized spacial score (nSPS) is 11.3. The zero-order chi connectivity index (χ0) is 20.0. The summed E-state index contributed by atoms with van der Waals surface area (Å²) >= 11 is 7.30. The van der Waals surface area contributed by atoms with Crippen molar-refractivity contribution in [3.8, 4) is 0 Å². The fourth-order valence-corrected chi connectivity index (χ4v) is 3.86. The molecule has 1 N–H and O–H groups in total. The van der Waals surface area contributed by atoms with E-state index in [1.807, 2.05) is 12.1 Å². The maximum absolute atomic E-state index is 13.4. The number of hydrogen-bond acceptors (Lipinski definition) is 4. The molecule has 0 saturated carbocycles. The first-order chi connectivity index (χ1) is 12.7. The van der Waals surface area contributed by atoms with E-state index in [0.29, 0.717) is 17.3 Å². The minimum absolute atomic E-state index is 0.123. The van der Waals surface area contributed by atoms with Crippen LogP contribution < -0.4 is 9.62 Å². The molecule has 0 aliphatic heterocycles. The minimum Gasteiger partial charge on any atom is -0.354 e. The van der Waals surface area contributed by atoms with Gasteiger partial charge in [0.1, 0.15) is 6.54 Å². The van der Waals surface area contributed by atoms with Crippen molar-refractivity contribution in [1.29, 1.82) is 0 Å². The lowest BCUT2D eigenvalue weighted by Gasteiger charge is -2.22. The summed E-state index contributed by atoms with van der Waals surface area (Å²) in [5, 5.41) is 3.23. The van der Waals surface area contributed by atoms with Crippen LogP contribution in [0, 0.1) is 11.6 Å². The number of sulfonamides is 1. The maximum atomic E-state index is 13.4. The molecule has 0 aliphatic rings. The Kier molecular flexibility index (Phi) is 7.46. The topological polar surface area (TPSA) is 66.5 Å². The monoisotopic (exact) mass is 434 g/mol. The van der Waals surface area contributed by atoms with Gasteiger partial charge in [-0.25, -0.2) is 17.2 Å². The fourth-order valence-electron chi connectivity index (χ4n) is 2.12. The van der Waals surface area contributed by atoms with E-state index in [1.165, 1.54) is 11.8 Å². The van der Waals surface area contributed by atoms with Gasteiger partial charge in [-0.15, -0.1) is 11.8 Å². The molecule has 0 fully saturated rings. The Morgan fingerprint density at radius 2 is 1.81 bits per heavy atom. The van der Waals surface area contributed by atoms with Crippen molar-refractivity contribution in [2.45, 2.75) is 4.90 Å². The number of carbonyl (C=O) groups is 1. The summed E-state index contributed by atoms with van der Waals surface area (Å²) < 4.78 is 51.0. The minimum atomic E-state index is -3.85. The van der Waals surface area contributed by atoms with Crippen molar-refractivity contribution >= 4 is 45.0 Å². The number of rotatable bonds is 8. The Balaban J connectivity index is 1.92. The van der Waals surface area contributed by atoms with E-state index < -0.39 is 34.1 Å². The van der Waals surface area contributed by atoms with Crippen LogP contribution in [0.2, 0.25) is 5.02 Å². The SMILES string of the molecule is CS(=O)(=O)N(CC(=O)NCCSc1ccc(Cl)cc1)c1ccc(F)c(F)c1. The molecule has 10 heteroatoms. The zero-order valence-corrected chi connectivity index (χ0v) is 16.7. The van der Waals surface area contributed by atoms with Gasteiger partial charge in [0.05, 0.1) is 11.9 Å². The lowest BCUT2D eigenvalue weighted by Crippen LogP contribution is -2.41. The van der Waals surface area contributed by atoms with Gasteiger partial charge in [-0.1, -0.05) is 11.6 Å². The van der Waals surface area contributed by atoms with E-state index >= 15 is 0 Å². The third-order valence-electron chi connectivity index (χ3n) is 3.39. The number of nitrogens with one attached hydrogen (secondary N) is 1. The summed E-state index contributed by atoms with van der Waals surface area (Å²) in [6, 6.07) is 9.86. The molecule has 2 aromatic carbocycles. The lowest BCUT2D eigenvalue weighted by molar-refractivity contribution is -0.119. The second-order valence-electron chi connectivity index (χ2n) is 5.52. The van der Waals surface area contributed by atoms with Gasteiger partial charge in [0.2, 0.25) is 15.9 Å². The van der Waals surface area contributed by atoms with Gasteiger partial charge < -0.3 is 5.32 Å². The molecule has 0 saturated heterocycles. The lowest BCUT2D eigenvalue weighted by atomic mass is 10.3. The summed E-state index contributed by atoms with van der Waals surface area (Å²) in [7, 11) is -3.85. The van der Waals surface area contributed by atoms with E-state index in [0.717, 1.165) is 33.7 Å². The molecule has 27 heavy (non-hydrogen) atoms. The Morgan fingerprint density at radius 1 is 1.15 bits per heavy atom. The average molecular weight is 435 g/mol. The number of benzene rings is 2. The number of anilines is 1. The highest BCUT2D eigenvalue weighted by atomic mass is 35.5. The summed E-state index contributed by atoms with van der Waals surface area (Å²) in [5.74, 6) is -2.28. The predicted molar refractivity (Wildman–Crippen MR) is 104 cm³/mol. The van der Waals surface area contributed by atoms with Crippen LogP contribution in [0.15, 0.2) is 47.4 Å². The molecule has 0 bridgehead atoms. The number of halogens is 3. The summed E-state index contributed by atoms with van der Waals surface area (Å²) in [4.78, 5) is 13.0. The molecular weight excluding hydrogens is 418 g/mol. The van der Waals surface area contributed by atoms with Crippen LogP contribution >= 0.6 is 23.4 Å². The highest BCUT2D eigenvalue weighted by Crippen LogP contribution is 2.21. The van der Waals surface area contributed by atoms with E-state index in [1.54, 1.807) is 12.1 Å². The van der Waals surface area contributed by atoms with Gasteiger partial charge in [0, 0.05) is 28.3 Å². The van der Waals surface area contributed by atoms with Crippen molar-refractivity contribution in [2.75, 3.05) is 29.4 Å². The quantitative estimate of drug-likeness (QED) is 0.511. The Bertz CT molecular complexity index is 909. The molecule has 5 nitrogen and oxygen atoms in total. The van der Waals surface area contributed by atoms with Crippen molar-refractivity contribution in [3.63, 3.8) is 0 Å². The number of nitrogens with zero attached hydrogens (tertiary/aromatic N) is 1. The molecule has 0 heterocycles. The predicted octanol–water partition coefficient (Wildman–Crippen LogP) is 3.29. The van der Waals surface area contributed by atoms with Gasteiger partial charge in [-0.05, 0) is 36.4 Å². The molecule has 0 aromatic heterocycles. The van der Waals surface area contributed by atoms with Crippen LogP contribution in [-0.2, 0) is 14.8 Å².